The maximum absolute atomic E-state index is 12.2. The van der Waals surface area contributed by atoms with Gasteiger partial charge < -0.3 is 9.64 Å². The van der Waals surface area contributed by atoms with Crippen molar-refractivity contribution in [3.63, 3.8) is 0 Å². The minimum absolute atomic E-state index is 0.0975. The maximum atomic E-state index is 12.2. The molecule has 0 bridgehead atoms. The Hall–Kier alpha value is -0.420. The molecular weight excluding hydrogens is 342 g/mol. The highest BCUT2D eigenvalue weighted by Crippen LogP contribution is 2.22. The summed E-state index contributed by atoms with van der Waals surface area (Å²) in [6, 6.07) is 5.39. The summed E-state index contributed by atoms with van der Waals surface area (Å²) in [5.41, 5.74) is 0.606. The quantitative estimate of drug-likeness (QED) is 0.765. The largest absolute Gasteiger partial charge is 0.377 e. The fraction of sp³-hybridized carbons (Fsp3) is 0.533. The van der Waals surface area contributed by atoms with Crippen LogP contribution in [-0.2, 0) is 4.74 Å². The van der Waals surface area contributed by atoms with E-state index >= 15 is 0 Å². The summed E-state index contributed by atoms with van der Waals surface area (Å²) in [6.45, 7) is 5.53. The van der Waals surface area contributed by atoms with Crippen LogP contribution in [-0.4, -0.2) is 43.0 Å². The Morgan fingerprint density at radius 1 is 1.55 bits per heavy atom. The van der Waals surface area contributed by atoms with E-state index in [1.54, 1.807) is 12.1 Å². The van der Waals surface area contributed by atoms with Gasteiger partial charge in [0.25, 0.3) is 0 Å². The van der Waals surface area contributed by atoms with Crippen molar-refractivity contribution in [3.8, 4) is 0 Å². The van der Waals surface area contributed by atoms with Crippen LogP contribution < -0.4 is 0 Å². The second-order valence-electron chi connectivity index (χ2n) is 5.13. The molecule has 0 radical (unpaired) electrons. The average Bonchev–Trinajstić information content (AvgIpc) is 2.60. The zero-order valence-electron chi connectivity index (χ0n) is 11.6. The van der Waals surface area contributed by atoms with Crippen molar-refractivity contribution in [3.05, 3.63) is 33.3 Å². The lowest BCUT2D eigenvalue weighted by Crippen LogP contribution is -2.32. The molecule has 3 nitrogen and oxygen atoms in total. The molecule has 0 aliphatic carbocycles. The van der Waals surface area contributed by atoms with Gasteiger partial charge in [-0.05, 0) is 31.5 Å². The molecule has 1 aromatic carbocycles. The summed E-state index contributed by atoms with van der Waals surface area (Å²) >= 11 is 9.46. The van der Waals surface area contributed by atoms with Crippen molar-refractivity contribution in [1.82, 2.24) is 4.90 Å². The highest BCUT2D eigenvalue weighted by atomic mass is 79.9. The van der Waals surface area contributed by atoms with Crippen molar-refractivity contribution in [2.75, 3.05) is 26.2 Å². The maximum Gasteiger partial charge on any atom is 0.165 e. The summed E-state index contributed by atoms with van der Waals surface area (Å²) in [4.78, 5) is 14.5. The number of ketones is 1. The highest BCUT2D eigenvalue weighted by molar-refractivity contribution is 9.10. The van der Waals surface area contributed by atoms with E-state index in [4.69, 9.17) is 16.3 Å². The smallest absolute Gasteiger partial charge is 0.165 e. The summed E-state index contributed by atoms with van der Waals surface area (Å²) in [5, 5.41) is 0.511. The van der Waals surface area contributed by atoms with Crippen LogP contribution in [0.5, 0.6) is 0 Å². The highest BCUT2D eigenvalue weighted by Gasteiger charge is 2.17. The number of halogens is 2. The fourth-order valence-corrected chi connectivity index (χ4v) is 3.17. The molecule has 0 aromatic heterocycles. The molecule has 110 valence electrons. The Morgan fingerprint density at radius 2 is 2.35 bits per heavy atom. The standard InChI is InChI=1S/C15H19BrClNO2/c1-11-10-18(6-2-8-20-11)7-5-15(19)13-4-3-12(16)9-14(13)17/h3-4,9,11H,2,5-8,10H2,1H3. The van der Waals surface area contributed by atoms with Gasteiger partial charge in [0.2, 0.25) is 0 Å². The van der Waals surface area contributed by atoms with Crippen molar-refractivity contribution in [2.45, 2.75) is 25.9 Å². The minimum Gasteiger partial charge on any atom is -0.377 e. The lowest BCUT2D eigenvalue weighted by molar-refractivity contribution is 0.0668. The Morgan fingerprint density at radius 3 is 3.10 bits per heavy atom. The first kappa shape index (κ1) is 16.0. The van der Waals surface area contributed by atoms with Crippen LogP contribution in [0.1, 0.15) is 30.1 Å². The lowest BCUT2D eigenvalue weighted by Gasteiger charge is -2.21. The van der Waals surface area contributed by atoms with Crippen LogP contribution in [0.2, 0.25) is 5.02 Å². The van der Waals surface area contributed by atoms with Crippen LogP contribution in [0.4, 0.5) is 0 Å². The summed E-state index contributed by atoms with van der Waals surface area (Å²) in [6.07, 6.45) is 1.76. The molecule has 1 aromatic rings. The molecule has 1 aliphatic heterocycles. The zero-order chi connectivity index (χ0) is 14.5. The number of rotatable bonds is 4. The Balaban J connectivity index is 1.91. The van der Waals surface area contributed by atoms with E-state index in [-0.39, 0.29) is 11.9 Å². The average molecular weight is 361 g/mol. The Labute approximate surface area is 133 Å². The molecule has 5 heteroatoms. The first-order valence-electron chi connectivity index (χ1n) is 6.88. The van der Waals surface area contributed by atoms with Gasteiger partial charge in [-0.15, -0.1) is 0 Å². The van der Waals surface area contributed by atoms with E-state index in [2.05, 4.69) is 27.8 Å². The first-order valence-corrected chi connectivity index (χ1v) is 8.05. The van der Waals surface area contributed by atoms with Gasteiger partial charge in [0.15, 0.2) is 5.78 Å². The SMILES string of the molecule is CC1CN(CCC(=O)c2ccc(Br)cc2Cl)CCCO1. The molecule has 20 heavy (non-hydrogen) atoms. The van der Waals surface area contributed by atoms with Gasteiger partial charge in [-0.2, -0.15) is 0 Å². The van der Waals surface area contributed by atoms with E-state index in [1.165, 1.54) is 0 Å². The molecule has 0 spiro atoms. The molecule has 1 heterocycles. The van der Waals surface area contributed by atoms with Gasteiger partial charge in [-0.25, -0.2) is 0 Å². The van der Waals surface area contributed by atoms with Crippen molar-refractivity contribution in [1.29, 1.82) is 0 Å². The molecule has 0 saturated carbocycles. The van der Waals surface area contributed by atoms with Crippen LogP contribution >= 0.6 is 27.5 Å². The van der Waals surface area contributed by atoms with Crippen LogP contribution in [0.3, 0.4) is 0 Å². The van der Waals surface area contributed by atoms with E-state index in [1.807, 2.05) is 6.07 Å². The number of ether oxygens (including phenoxy) is 1. The number of carbonyl (C=O) groups is 1. The molecule has 1 unspecified atom stereocenters. The van der Waals surface area contributed by atoms with E-state index in [0.717, 1.165) is 37.1 Å². The van der Waals surface area contributed by atoms with Crippen molar-refractivity contribution < 1.29 is 9.53 Å². The van der Waals surface area contributed by atoms with Crippen molar-refractivity contribution in [2.24, 2.45) is 0 Å². The molecular formula is C15H19BrClNO2. The molecule has 1 saturated heterocycles. The number of hydrogen-bond acceptors (Lipinski definition) is 3. The second kappa shape index (κ2) is 7.55. The monoisotopic (exact) mass is 359 g/mol. The first-order chi connectivity index (χ1) is 9.56. The number of Topliss-reactive ketones (excluding diaryl/α,β-unsaturated/α-hetero) is 1. The van der Waals surface area contributed by atoms with Gasteiger partial charge in [-0.3, -0.25) is 4.79 Å². The zero-order valence-corrected chi connectivity index (χ0v) is 13.9. The number of carbonyl (C=O) groups excluding carboxylic acids is 1. The lowest BCUT2D eigenvalue weighted by atomic mass is 10.1. The third kappa shape index (κ3) is 4.55. The Bertz CT molecular complexity index is 481. The van der Waals surface area contributed by atoms with Gasteiger partial charge >= 0.3 is 0 Å². The second-order valence-corrected chi connectivity index (χ2v) is 6.46. The normalized spacial score (nSPS) is 20.6. The van der Waals surface area contributed by atoms with Crippen LogP contribution in [0, 0.1) is 0 Å². The molecule has 1 atom stereocenters. The van der Waals surface area contributed by atoms with Crippen LogP contribution in [0.15, 0.2) is 22.7 Å². The molecule has 0 N–H and O–H groups in total. The van der Waals surface area contributed by atoms with E-state index < -0.39 is 0 Å². The third-order valence-electron chi connectivity index (χ3n) is 3.42. The summed E-state index contributed by atoms with van der Waals surface area (Å²) < 4.78 is 6.49. The van der Waals surface area contributed by atoms with E-state index in [0.29, 0.717) is 17.0 Å². The van der Waals surface area contributed by atoms with E-state index in [9.17, 15) is 4.79 Å². The molecule has 1 aliphatic rings. The third-order valence-corrected chi connectivity index (χ3v) is 4.23. The predicted octanol–water partition coefficient (Wildman–Crippen LogP) is 3.79. The molecule has 1 fully saturated rings. The topological polar surface area (TPSA) is 29.5 Å². The van der Waals surface area contributed by atoms with Crippen molar-refractivity contribution >= 4 is 33.3 Å². The summed E-state index contributed by atoms with van der Waals surface area (Å²) in [7, 11) is 0. The molecule has 0 amide bonds. The van der Waals surface area contributed by atoms with Gasteiger partial charge in [0.05, 0.1) is 11.1 Å². The van der Waals surface area contributed by atoms with Gasteiger partial charge in [0, 0.05) is 42.7 Å². The number of hydrogen-bond donors (Lipinski definition) is 0. The summed E-state index contributed by atoms with van der Waals surface area (Å²) in [5.74, 6) is 0.0975. The minimum atomic E-state index is 0.0975. The van der Waals surface area contributed by atoms with Crippen LogP contribution in [0.25, 0.3) is 0 Å². The Kier molecular flexibility index (Phi) is 6.02. The van der Waals surface area contributed by atoms with Gasteiger partial charge in [0.1, 0.15) is 0 Å². The number of benzene rings is 1. The number of nitrogens with zero attached hydrogens (tertiary/aromatic N) is 1. The van der Waals surface area contributed by atoms with Gasteiger partial charge in [-0.1, -0.05) is 27.5 Å². The fourth-order valence-electron chi connectivity index (χ4n) is 2.39. The molecule has 2 rings (SSSR count). The predicted molar refractivity (Wildman–Crippen MR) is 84.6 cm³/mol.